The SMILES string of the molecule is CCC1(C(=O)O)CCN(C(=O)C2NCCC2C)CC1. The molecule has 2 N–H and O–H groups in total. The highest BCUT2D eigenvalue weighted by Gasteiger charge is 2.42. The van der Waals surface area contributed by atoms with Gasteiger partial charge >= 0.3 is 5.97 Å². The van der Waals surface area contributed by atoms with E-state index in [-0.39, 0.29) is 11.9 Å². The molecule has 2 fully saturated rings. The molecule has 0 aromatic carbocycles. The number of hydrogen-bond donors (Lipinski definition) is 2. The van der Waals surface area contributed by atoms with Gasteiger partial charge in [0, 0.05) is 13.1 Å². The second kappa shape index (κ2) is 5.49. The molecule has 19 heavy (non-hydrogen) atoms. The van der Waals surface area contributed by atoms with Gasteiger partial charge in [-0.1, -0.05) is 13.8 Å². The molecule has 2 rings (SSSR count). The molecule has 2 aliphatic heterocycles. The maximum absolute atomic E-state index is 12.4. The molecule has 2 unspecified atom stereocenters. The van der Waals surface area contributed by atoms with Gasteiger partial charge in [0.15, 0.2) is 0 Å². The summed E-state index contributed by atoms with van der Waals surface area (Å²) in [5.74, 6) is -0.181. The van der Waals surface area contributed by atoms with E-state index in [2.05, 4.69) is 12.2 Å². The summed E-state index contributed by atoms with van der Waals surface area (Å²) in [4.78, 5) is 25.6. The summed E-state index contributed by atoms with van der Waals surface area (Å²) in [7, 11) is 0. The highest BCUT2D eigenvalue weighted by Crippen LogP contribution is 2.35. The molecule has 5 nitrogen and oxygen atoms in total. The number of nitrogens with zero attached hydrogens (tertiary/aromatic N) is 1. The number of carboxylic acids is 1. The fourth-order valence-electron chi connectivity index (χ4n) is 3.24. The minimum Gasteiger partial charge on any atom is -0.481 e. The molecule has 2 atom stereocenters. The average Bonchev–Trinajstić information content (AvgIpc) is 2.84. The van der Waals surface area contributed by atoms with E-state index < -0.39 is 11.4 Å². The molecule has 2 heterocycles. The number of aliphatic carboxylic acids is 1. The van der Waals surface area contributed by atoms with Crippen LogP contribution in [0.3, 0.4) is 0 Å². The summed E-state index contributed by atoms with van der Waals surface area (Å²) in [6.45, 7) is 6.07. The topological polar surface area (TPSA) is 69.6 Å². The maximum Gasteiger partial charge on any atom is 0.309 e. The summed E-state index contributed by atoms with van der Waals surface area (Å²) in [5, 5.41) is 12.6. The van der Waals surface area contributed by atoms with E-state index in [0.29, 0.717) is 38.3 Å². The monoisotopic (exact) mass is 268 g/mol. The van der Waals surface area contributed by atoms with Gasteiger partial charge in [-0.3, -0.25) is 9.59 Å². The lowest BCUT2D eigenvalue weighted by Crippen LogP contribution is -2.52. The smallest absolute Gasteiger partial charge is 0.309 e. The molecule has 0 radical (unpaired) electrons. The Morgan fingerprint density at radius 2 is 2.00 bits per heavy atom. The van der Waals surface area contributed by atoms with Gasteiger partial charge in [0.05, 0.1) is 11.5 Å². The highest BCUT2D eigenvalue weighted by atomic mass is 16.4. The Balaban J connectivity index is 1.96. The first-order valence-corrected chi connectivity index (χ1v) is 7.26. The summed E-state index contributed by atoms with van der Waals surface area (Å²) in [6.07, 6.45) is 2.83. The Hall–Kier alpha value is -1.10. The Morgan fingerprint density at radius 3 is 2.42 bits per heavy atom. The van der Waals surface area contributed by atoms with Crippen molar-refractivity contribution in [1.82, 2.24) is 10.2 Å². The zero-order valence-electron chi connectivity index (χ0n) is 11.8. The number of carboxylic acid groups (broad SMARTS) is 1. The van der Waals surface area contributed by atoms with Gasteiger partial charge < -0.3 is 15.3 Å². The molecule has 0 spiro atoms. The number of hydrogen-bond acceptors (Lipinski definition) is 3. The van der Waals surface area contributed by atoms with Crippen LogP contribution in [0.5, 0.6) is 0 Å². The zero-order chi connectivity index (χ0) is 14.0. The van der Waals surface area contributed by atoms with Gasteiger partial charge in [-0.2, -0.15) is 0 Å². The van der Waals surface area contributed by atoms with E-state index in [1.807, 2.05) is 11.8 Å². The van der Waals surface area contributed by atoms with Crippen molar-refractivity contribution in [2.24, 2.45) is 11.3 Å². The lowest BCUT2D eigenvalue weighted by atomic mass is 9.76. The van der Waals surface area contributed by atoms with E-state index in [9.17, 15) is 14.7 Å². The van der Waals surface area contributed by atoms with Crippen LogP contribution in [-0.4, -0.2) is 47.6 Å². The molecular weight excluding hydrogens is 244 g/mol. The Kier molecular flexibility index (Phi) is 4.13. The minimum atomic E-state index is -0.713. The van der Waals surface area contributed by atoms with Crippen molar-refractivity contribution in [3.05, 3.63) is 0 Å². The molecule has 5 heteroatoms. The van der Waals surface area contributed by atoms with Crippen LogP contribution in [0.2, 0.25) is 0 Å². The molecule has 0 aliphatic carbocycles. The summed E-state index contributed by atoms with van der Waals surface area (Å²) < 4.78 is 0. The molecule has 2 aliphatic rings. The van der Waals surface area contributed by atoms with E-state index in [1.54, 1.807) is 0 Å². The molecule has 2 saturated heterocycles. The number of piperidine rings is 1. The van der Waals surface area contributed by atoms with Gasteiger partial charge in [0.25, 0.3) is 0 Å². The predicted octanol–water partition coefficient (Wildman–Crippen LogP) is 1.09. The van der Waals surface area contributed by atoms with Crippen LogP contribution < -0.4 is 5.32 Å². The van der Waals surface area contributed by atoms with Crippen molar-refractivity contribution in [2.75, 3.05) is 19.6 Å². The van der Waals surface area contributed by atoms with Crippen molar-refractivity contribution in [1.29, 1.82) is 0 Å². The molecule has 108 valence electrons. The van der Waals surface area contributed by atoms with Crippen molar-refractivity contribution in [3.63, 3.8) is 0 Å². The Morgan fingerprint density at radius 1 is 1.37 bits per heavy atom. The Bertz CT molecular complexity index is 362. The molecule has 0 saturated carbocycles. The lowest BCUT2D eigenvalue weighted by Gasteiger charge is -2.39. The first-order valence-electron chi connectivity index (χ1n) is 7.26. The van der Waals surface area contributed by atoms with Crippen LogP contribution in [0.25, 0.3) is 0 Å². The fraction of sp³-hybridized carbons (Fsp3) is 0.857. The summed E-state index contributed by atoms with van der Waals surface area (Å²) in [5.41, 5.74) is -0.620. The van der Waals surface area contributed by atoms with Crippen LogP contribution in [0.4, 0.5) is 0 Å². The third-order valence-electron chi connectivity index (χ3n) is 4.96. The minimum absolute atomic E-state index is 0.0704. The number of nitrogens with one attached hydrogen (secondary N) is 1. The average molecular weight is 268 g/mol. The van der Waals surface area contributed by atoms with E-state index in [1.165, 1.54) is 0 Å². The van der Waals surface area contributed by atoms with Crippen LogP contribution in [0.1, 0.15) is 39.5 Å². The second-order valence-corrected chi connectivity index (χ2v) is 5.96. The van der Waals surface area contributed by atoms with Gasteiger partial charge in [0.1, 0.15) is 0 Å². The Labute approximate surface area is 114 Å². The predicted molar refractivity (Wildman–Crippen MR) is 71.7 cm³/mol. The fourth-order valence-corrected chi connectivity index (χ4v) is 3.24. The zero-order valence-corrected chi connectivity index (χ0v) is 11.8. The quantitative estimate of drug-likeness (QED) is 0.804. The van der Waals surface area contributed by atoms with Crippen molar-refractivity contribution < 1.29 is 14.7 Å². The largest absolute Gasteiger partial charge is 0.481 e. The number of amides is 1. The first-order chi connectivity index (χ1) is 9.00. The van der Waals surface area contributed by atoms with E-state index >= 15 is 0 Å². The third-order valence-corrected chi connectivity index (χ3v) is 4.96. The molecule has 1 amide bonds. The molecule has 0 bridgehead atoms. The van der Waals surface area contributed by atoms with Gasteiger partial charge in [-0.05, 0) is 38.1 Å². The molecule has 0 aromatic rings. The number of likely N-dealkylation sites (tertiary alicyclic amines) is 1. The first kappa shape index (κ1) is 14.3. The van der Waals surface area contributed by atoms with Gasteiger partial charge in [-0.25, -0.2) is 0 Å². The molecular formula is C14H24N2O3. The van der Waals surface area contributed by atoms with Gasteiger partial charge in [-0.15, -0.1) is 0 Å². The van der Waals surface area contributed by atoms with Crippen molar-refractivity contribution in [2.45, 2.75) is 45.6 Å². The van der Waals surface area contributed by atoms with Crippen LogP contribution in [0.15, 0.2) is 0 Å². The van der Waals surface area contributed by atoms with Crippen LogP contribution >= 0.6 is 0 Å². The summed E-state index contributed by atoms with van der Waals surface area (Å²) >= 11 is 0. The molecule has 0 aromatic heterocycles. The van der Waals surface area contributed by atoms with Crippen LogP contribution in [0, 0.1) is 11.3 Å². The standard InChI is InChI=1S/C14H24N2O3/c1-3-14(13(18)19)5-8-16(9-6-14)12(17)11-10(2)4-7-15-11/h10-11,15H,3-9H2,1-2H3,(H,18,19). The second-order valence-electron chi connectivity index (χ2n) is 5.96. The van der Waals surface area contributed by atoms with Crippen molar-refractivity contribution >= 4 is 11.9 Å². The van der Waals surface area contributed by atoms with Crippen LogP contribution in [-0.2, 0) is 9.59 Å². The van der Waals surface area contributed by atoms with Gasteiger partial charge in [0.2, 0.25) is 5.91 Å². The van der Waals surface area contributed by atoms with E-state index in [4.69, 9.17) is 0 Å². The number of rotatable bonds is 3. The highest BCUT2D eigenvalue weighted by molar-refractivity contribution is 5.83. The van der Waals surface area contributed by atoms with Crippen molar-refractivity contribution in [3.8, 4) is 0 Å². The lowest BCUT2D eigenvalue weighted by molar-refractivity contribution is -0.155. The van der Waals surface area contributed by atoms with E-state index in [0.717, 1.165) is 13.0 Å². The number of carbonyl (C=O) groups excluding carboxylic acids is 1. The summed E-state index contributed by atoms with van der Waals surface area (Å²) in [6, 6.07) is -0.0704. The number of carbonyl (C=O) groups is 2. The third kappa shape index (κ3) is 2.61. The normalized spacial score (nSPS) is 30.3. The maximum atomic E-state index is 12.4.